The van der Waals surface area contributed by atoms with Crippen molar-refractivity contribution < 1.29 is 9.18 Å². The van der Waals surface area contributed by atoms with Crippen molar-refractivity contribution in [2.45, 2.75) is 20.3 Å². The second-order valence-electron chi connectivity index (χ2n) is 5.35. The van der Waals surface area contributed by atoms with Gasteiger partial charge in [0.1, 0.15) is 5.82 Å². The molecule has 0 aliphatic rings. The van der Waals surface area contributed by atoms with Crippen LogP contribution in [0.2, 0.25) is 0 Å². The molecule has 0 radical (unpaired) electrons. The van der Waals surface area contributed by atoms with Crippen LogP contribution in [0, 0.1) is 19.7 Å². The summed E-state index contributed by atoms with van der Waals surface area (Å²) in [4.78, 5) is 14.2. The Hall–Kier alpha value is -2.16. The first-order chi connectivity index (χ1) is 9.99. The van der Waals surface area contributed by atoms with Gasteiger partial charge in [0.15, 0.2) is 5.78 Å². The third kappa shape index (κ3) is 3.69. The Morgan fingerprint density at radius 3 is 2.48 bits per heavy atom. The Kier molecular flexibility index (Phi) is 4.73. The lowest BCUT2D eigenvalue weighted by molar-refractivity contribution is 0.0984. The summed E-state index contributed by atoms with van der Waals surface area (Å²) in [5.74, 6) is -0.359. The molecule has 3 heteroatoms. The Morgan fingerprint density at radius 1 is 1.10 bits per heavy atom. The average molecular weight is 285 g/mol. The molecule has 0 fully saturated rings. The number of rotatable bonds is 5. The van der Waals surface area contributed by atoms with E-state index in [1.165, 1.54) is 11.6 Å². The highest BCUT2D eigenvalue weighted by atomic mass is 19.1. The van der Waals surface area contributed by atoms with Gasteiger partial charge in [-0.25, -0.2) is 4.39 Å². The maximum atomic E-state index is 13.5. The van der Waals surface area contributed by atoms with Gasteiger partial charge in [-0.15, -0.1) is 0 Å². The van der Waals surface area contributed by atoms with Crippen LogP contribution in [0.4, 0.5) is 10.1 Å². The zero-order valence-electron chi connectivity index (χ0n) is 12.7. The van der Waals surface area contributed by atoms with Crippen LogP contribution in [0.1, 0.15) is 27.9 Å². The molecule has 0 spiro atoms. The van der Waals surface area contributed by atoms with Crippen LogP contribution in [-0.4, -0.2) is 19.4 Å². The summed E-state index contributed by atoms with van der Waals surface area (Å²) < 4.78 is 13.5. The van der Waals surface area contributed by atoms with Gasteiger partial charge in [-0.1, -0.05) is 30.3 Å². The number of hydrogen-bond donors (Lipinski definition) is 0. The molecule has 0 heterocycles. The minimum Gasteiger partial charge on any atom is -0.374 e. The number of carbonyl (C=O) groups excluding carboxylic acids is 1. The van der Waals surface area contributed by atoms with Crippen LogP contribution in [0.5, 0.6) is 0 Å². The van der Waals surface area contributed by atoms with E-state index in [9.17, 15) is 9.18 Å². The Labute approximate surface area is 125 Å². The summed E-state index contributed by atoms with van der Waals surface area (Å²) in [6.07, 6.45) is 0.368. The molecule has 2 aromatic carbocycles. The van der Waals surface area contributed by atoms with Gasteiger partial charge in [0, 0.05) is 31.3 Å². The molecule has 0 aliphatic carbocycles. The van der Waals surface area contributed by atoms with E-state index in [0.717, 1.165) is 5.69 Å². The fourth-order valence-corrected chi connectivity index (χ4v) is 2.29. The highest BCUT2D eigenvalue weighted by Crippen LogP contribution is 2.18. The van der Waals surface area contributed by atoms with Crippen molar-refractivity contribution in [3.63, 3.8) is 0 Å². The first-order valence-corrected chi connectivity index (χ1v) is 7.05. The predicted molar refractivity (Wildman–Crippen MR) is 84.5 cm³/mol. The van der Waals surface area contributed by atoms with E-state index >= 15 is 0 Å². The fourth-order valence-electron chi connectivity index (χ4n) is 2.29. The molecule has 2 aromatic rings. The molecule has 0 amide bonds. The molecular weight excluding hydrogens is 265 g/mol. The number of hydrogen-bond acceptors (Lipinski definition) is 2. The number of anilines is 1. The molecule has 0 N–H and O–H groups in total. The van der Waals surface area contributed by atoms with E-state index < -0.39 is 0 Å². The fraction of sp³-hybridized carbons (Fsp3) is 0.278. The molecule has 0 aromatic heterocycles. The number of nitrogens with zero attached hydrogens (tertiary/aromatic N) is 1. The maximum Gasteiger partial charge on any atom is 0.164 e. The van der Waals surface area contributed by atoms with Gasteiger partial charge in [0.05, 0.1) is 0 Å². The number of carbonyl (C=O) groups is 1. The van der Waals surface area contributed by atoms with Crippen LogP contribution >= 0.6 is 0 Å². The van der Waals surface area contributed by atoms with Crippen LogP contribution in [0.15, 0.2) is 42.5 Å². The molecule has 2 rings (SSSR count). The molecule has 0 saturated carbocycles. The summed E-state index contributed by atoms with van der Waals surface area (Å²) in [7, 11) is 1.96. The molecule has 0 atom stereocenters. The summed E-state index contributed by atoms with van der Waals surface area (Å²) in [5, 5.41) is 0. The smallest absolute Gasteiger partial charge is 0.164 e. The summed E-state index contributed by atoms with van der Waals surface area (Å²) >= 11 is 0. The summed E-state index contributed by atoms with van der Waals surface area (Å²) in [6.45, 7) is 4.34. The third-order valence-electron chi connectivity index (χ3n) is 3.69. The minimum atomic E-state index is -0.326. The van der Waals surface area contributed by atoms with Crippen molar-refractivity contribution in [2.75, 3.05) is 18.5 Å². The van der Waals surface area contributed by atoms with Crippen molar-refractivity contribution in [1.29, 1.82) is 0 Å². The summed E-state index contributed by atoms with van der Waals surface area (Å²) in [5.41, 5.74) is 3.29. The number of benzene rings is 2. The van der Waals surface area contributed by atoms with E-state index in [4.69, 9.17) is 0 Å². The topological polar surface area (TPSA) is 20.3 Å². The Morgan fingerprint density at radius 2 is 1.81 bits per heavy atom. The largest absolute Gasteiger partial charge is 0.374 e. The molecule has 0 bridgehead atoms. The van der Waals surface area contributed by atoms with Gasteiger partial charge < -0.3 is 4.90 Å². The highest BCUT2D eigenvalue weighted by molar-refractivity contribution is 5.96. The van der Waals surface area contributed by atoms with Crippen LogP contribution in [0.25, 0.3) is 0 Å². The van der Waals surface area contributed by atoms with E-state index in [-0.39, 0.29) is 11.6 Å². The van der Waals surface area contributed by atoms with Gasteiger partial charge in [-0.05, 0) is 37.1 Å². The van der Waals surface area contributed by atoms with Crippen molar-refractivity contribution in [2.24, 2.45) is 0 Å². The third-order valence-corrected chi connectivity index (χ3v) is 3.69. The lowest BCUT2D eigenvalue weighted by atomic mass is 10.1. The highest BCUT2D eigenvalue weighted by Gasteiger charge is 2.10. The maximum absolute atomic E-state index is 13.5. The standard InChI is InChI=1S/C18H20FNO/c1-13-8-9-15(12-16(13)19)18(21)10-11-20(3)17-7-5-4-6-14(17)2/h4-9,12H,10-11H2,1-3H3. The van der Waals surface area contributed by atoms with E-state index in [2.05, 4.69) is 4.90 Å². The SMILES string of the molecule is Cc1ccc(C(=O)CCN(C)c2ccccc2C)cc1F. The van der Waals surface area contributed by atoms with Crippen molar-refractivity contribution >= 4 is 11.5 Å². The van der Waals surface area contributed by atoms with Crippen molar-refractivity contribution in [3.05, 3.63) is 65.0 Å². The van der Waals surface area contributed by atoms with Crippen LogP contribution in [0.3, 0.4) is 0 Å². The van der Waals surface area contributed by atoms with Crippen molar-refractivity contribution in [1.82, 2.24) is 0 Å². The minimum absolute atomic E-state index is 0.0330. The first-order valence-electron chi connectivity index (χ1n) is 7.05. The van der Waals surface area contributed by atoms with Gasteiger partial charge in [-0.3, -0.25) is 4.79 Å². The molecule has 21 heavy (non-hydrogen) atoms. The van der Waals surface area contributed by atoms with Crippen LogP contribution < -0.4 is 4.90 Å². The van der Waals surface area contributed by atoms with E-state index in [1.54, 1.807) is 19.1 Å². The van der Waals surface area contributed by atoms with Gasteiger partial charge in [0.25, 0.3) is 0 Å². The number of para-hydroxylation sites is 1. The molecule has 2 nitrogen and oxygen atoms in total. The zero-order valence-corrected chi connectivity index (χ0v) is 12.7. The van der Waals surface area contributed by atoms with Gasteiger partial charge >= 0.3 is 0 Å². The molecule has 0 saturated heterocycles. The van der Waals surface area contributed by atoms with Crippen molar-refractivity contribution in [3.8, 4) is 0 Å². The van der Waals surface area contributed by atoms with Gasteiger partial charge in [0.2, 0.25) is 0 Å². The number of aryl methyl sites for hydroxylation is 2. The predicted octanol–water partition coefficient (Wildman–Crippen LogP) is 4.15. The lowest BCUT2D eigenvalue weighted by Crippen LogP contribution is -2.22. The quantitative estimate of drug-likeness (QED) is 0.769. The number of halogens is 1. The summed E-state index contributed by atoms with van der Waals surface area (Å²) in [6, 6.07) is 12.7. The second kappa shape index (κ2) is 6.53. The molecular formula is C18H20FNO. The lowest BCUT2D eigenvalue weighted by Gasteiger charge is -2.21. The number of Topliss-reactive ketones (excluding diaryl/α,β-unsaturated/α-hetero) is 1. The molecule has 110 valence electrons. The average Bonchev–Trinajstić information content (AvgIpc) is 2.47. The van der Waals surface area contributed by atoms with E-state index in [0.29, 0.717) is 24.1 Å². The number of ketones is 1. The monoisotopic (exact) mass is 285 g/mol. The molecule has 0 unspecified atom stereocenters. The van der Waals surface area contributed by atoms with Gasteiger partial charge in [-0.2, -0.15) is 0 Å². The molecule has 0 aliphatic heterocycles. The zero-order chi connectivity index (χ0) is 15.4. The Balaban J connectivity index is 2.01. The second-order valence-corrected chi connectivity index (χ2v) is 5.35. The first kappa shape index (κ1) is 15.2. The normalized spacial score (nSPS) is 10.5. The van der Waals surface area contributed by atoms with Crippen LogP contribution in [-0.2, 0) is 0 Å². The Bertz CT molecular complexity index is 651. The van der Waals surface area contributed by atoms with E-state index in [1.807, 2.05) is 38.2 Å².